The van der Waals surface area contributed by atoms with Gasteiger partial charge >= 0.3 is 12.1 Å². The standard InChI is InChI=1S/C19H28NO4/c1-13(20-17(22)24-19(5,6)7)12-14-10-8-9-11-15(14)16(21)23-18(2,3)4/h8-11,13H,1,12H2,2-7H3,(H,20,22). The van der Waals surface area contributed by atoms with Gasteiger partial charge < -0.3 is 14.8 Å². The number of carbonyl (C=O) groups is 2. The van der Waals surface area contributed by atoms with Crippen molar-refractivity contribution in [2.24, 2.45) is 0 Å². The quantitative estimate of drug-likeness (QED) is 0.848. The van der Waals surface area contributed by atoms with Gasteiger partial charge in [-0.2, -0.15) is 0 Å². The Kier molecular flexibility index (Phi) is 6.41. The minimum Gasteiger partial charge on any atom is -0.456 e. The van der Waals surface area contributed by atoms with Crippen molar-refractivity contribution in [1.29, 1.82) is 0 Å². The van der Waals surface area contributed by atoms with Gasteiger partial charge in [0.1, 0.15) is 11.2 Å². The molecular weight excluding hydrogens is 306 g/mol. The number of hydrogen-bond acceptors (Lipinski definition) is 4. The topological polar surface area (TPSA) is 64.6 Å². The molecule has 0 spiro atoms. The third-order valence-corrected chi connectivity index (χ3v) is 2.82. The normalized spacial score (nSPS) is 13.1. The van der Waals surface area contributed by atoms with Crippen molar-refractivity contribution in [3.63, 3.8) is 0 Å². The van der Waals surface area contributed by atoms with Crippen LogP contribution in [0.15, 0.2) is 24.3 Å². The molecule has 1 rings (SSSR count). The number of hydrogen-bond donors (Lipinski definition) is 1. The molecule has 24 heavy (non-hydrogen) atoms. The number of rotatable bonds is 4. The van der Waals surface area contributed by atoms with Crippen LogP contribution in [0.3, 0.4) is 0 Å². The number of nitrogens with one attached hydrogen (secondary N) is 1. The molecule has 0 bridgehead atoms. The molecule has 5 nitrogen and oxygen atoms in total. The Morgan fingerprint density at radius 1 is 1.04 bits per heavy atom. The summed E-state index contributed by atoms with van der Waals surface area (Å²) in [5.41, 5.74) is 0.107. The first-order chi connectivity index (χ1) is 10.9. The lowest BCUT2D eigenvalue weighted by atomic mass is 10.0. The fourth-order valence-electron chi connectivity index (χ4n) is 2.02. The zero-order chi connectivity index (χ0) is 18.5. The molecule has 0 saturated carbocycles. The van der Waals surface area contributed by atoms with Gasteiger partial charge in [-0.3, -0.25) is 0 Å². The van der Waals surface area contributed by atoms with Gasteiger partial charge in [-0.15, -0.1) is 0 Å². The molecule has 0 aliphatic rings. The molecule has 1 atom stereocenters. The van der Waals surface area contributed by atoms with Crippen LogP contribution < -0.4 is 5.32 Å². The number of ether oxygens (including phenoxy) is 2. The average Bonchev–Trinajstić information content (AvgIpc) is 2.34. The Hall–Kier alpha value is -2.04. The summed E-state index contributed by atoms with van der Waals surface area (Å²) in [5.74, 6) is -0.387. The van der Waals surface area contributed by atoms with Crippen LogP contribution >= 0.6 is 0 Å². The summed E-state index contributed by atoms with van der Waals surface area (Å²) in [6.45, 7) is 14.8. The molecule has 1 unspecified atom stereocenters. The molecule has 0 aliphatic heterocycles. The number of alkyl carbamates (subject to hydrolysis) is 1. The number of esters is 1. The van der Waals surface area contributed by atoms with Crippen LogP contribution in [0, 0.1) is 6.92 Å². The summed E-state index contributed by atoms with van der Waals surface area (Å²) in [6.07, 6.45) is -0.133. The van der Waals surface area contributed by atoms with Crippen molar-refractivity contribution >= 4 is 12.1 Å². The molecule has 133 valence electrons. The van der Waals surface area contributed by atoms with Gasteiger partial charge in [0.15, 0.2) is 0 Å². The van der Waals surface area contributed by atoms with Crippen molar-refractivity contribution in [2.45, 2.75) is 65.2 Å². The Balaban J connectivity index is 2.78. The highest BCUT2D eigenvalue weighted by atomic mass is 16.6. The molecular formula is C19H28NO4. The van der Waals surface area contributed by atoms with Crippen LogP contribution in [0.25, 0.3) is 0 Å². The van der Waals surface area contributed by atoms with Gasteiger partial charge in [0.05, 0.1) is 5.56 Å². The molecule has 1 radical (unpaired) electrons. The van der Waals surface area contributed by atoms with Gasteiger partial charge in [0.25, 0.3) is 0 Å². The molecule has 0 aromatic heterocycles. The monoisotopic (exact) mass is 334 g/mol. The second-order valence-corrected chi connectivity index (χ2v) is 7.71. The highest BCUT2D eigenvalue weighted by Gasteiger charge is 2.22. The van der Waals surface area contributed by atoms with Crippen molar-refractivity contribution in [1.82, 2.24) is 5.32 Å². The molecule has 0 fully saturated rings. The SMILES string of the molecule is [CH2]C(Cc1ccccc1C(=O)OC(C)(C)C)NC(=O)OC(C)(C)C. The van der Waals surface area contributed by atoms with E-state index in [1.165, 1.54) is 0 Å². The minimum atomic E-state index is -0.571. The van der Waals surface area contributed by atoms with Crippen molar-refractivity contribution in [2.75, 3.05) is 0 Å². The van der Waals surface area contributed by atoms with E-state index in [0.29, 0.717) is 12.0 Å². The molecule has 0 heterocycles. The average molecular weight is 334 g/mol. The first-order valence-corrected chi connectivity index (χ1v) is 8.01. The highest BCUT2D eigenvalue weighted by molar-refractivity contribution is 5.91. The molecule has 5 heteroatoms. The predicted molar refractivity (Wildman–Crippen MR) is 93.8 cm³/mol. The third kappa shape index (κ3) is 7.49. The lowest BCUT2D eigenvalue weighted by Crippen LogP contribution is -2.39. The summed E-state index contributed by atoms with van der Waals surface area (Å²) in [7, 11) is 0. The second kappa shape index (κ2) is 7.69. The van der Waals surface area contributed by atoms with Gasteiger partial charge in [0.2, 0.25) is 0 Å². The minimum absolute atomic E-state index is 0.387. The summed E-state index contributed by atoms with van der Waals surface area (Å²) in [5, 5.41) is 2.67. The van der Waals surface area contributed by atoms with E-state index in [-0.39, 0.29) is 5.97 Å². The van der Waals surface area contributed by atoms with Crippen molar-refractivity contribution in [3.05, 3.63) is 42.3 Å². The molecule has 1 aromatic rings. The molecule has 1 amide bonds. The van der Waals surface area contributed by atoms with Crippen LogP contribution in [-0.2, 0) is 15.9 Å². The van der Waals surface area contributed by atoms with Crippen LogP contribution in [0.2, 0.25) is 0 Å². The zero-order valence-electron chi connectivity index (χ0n) is 15.4. The summed E-state index contributed by atoms with van der Waals surface area (Å²) < 4.78 is 10.6. The van der Waals surface area contributed by atoms with Gasteiger partial charge in [-0.1, -0.05) is 18.2 Å². The fraction of sp³-hybridized carbons (Fsp3) is 0.526. The van der Waals surface area contributed by atoms with E-state index in [0.717, 1.165) is 5.56 Å². The molecule has 1 aromatic carbocycles. The fourth-order valence-corrected chi connectivity index (χ4v) is 2.02. The van der Waals surface area contributed by atoms with Crippen molar-refractivity contribution < 1.29 is 19.1 Å². The summed E-state index contributed by atoms with van der Waals surface area (Å²) in [4.78, 5) is 24.1. The Morgan fingerprint density at radius 3 is 2.12 bits per heavy atom. The van der Waals surface area contributed by atoms with Crippen molar-refractivity contribution in [3.8, 4) is 0 Å². The lowest BCUT2D eigenvalue weighted by molar-refractivity contribution is 0.00682. The first-order valence-electron chi connectivity index (χ1n) is 8.01. The predicted octanol–water partition coefficient (Wildman–Crippen LogP) is 3.91. The maximum absolute atomic E-state index is 12.3. The molecule has 0 saturated heterocycles. The van der Waals surface area contributed by atoms with Gasteiger partial charge in [-0.25, -0.2) is 9.59 Å². The van der Waals surface area contributed by atoms with E-state index in [4.69, 9.17) is 9.47 Å². The maximum Gasteiger partial charge on any atom is 0.407 e. The number of benzene rings is 1. The van der Waals surface area contributed by atoms with Crippen LogP contribution in [-0.4, -0.2) is 29.3 Å². The van der Waals surface area contributed by atoms with E-state index in [1.54, 1.807) is 32.9 Å². The lowest BCUT2D eigenvalue weighted by Gasteiger charge is -2.23. The number of amides is 1. The maximum atomic E-state index is 12.3. The second-order valence-electron chi connectivity index (χ2n) is 7.71. The molecule has 1 N–H and O–H groups in total. The van der Waals surface area contributed by atoms with Gasteiger partial charge in [-0.05, 0) is 66.5 Å². The first kappa shape index (κ1) is 20.0. The van der Waals surface area contributed by atoms with Crippen LogP contribution in [0.1, 0.15) is 57.5 Å². The zero-order valence-corrected chi connectivity index (χ0v) is 15.4. The Morgan fingerprint density at radius 2 is 1.58 bits per heavy atom. The van der Waals surface area contributed by atoms with E-state index < -0.39 is 23.3 Å². The summed E-state index contributed by atoms with van der Waals surface area (Å²) >= 11 is 0. The Labute approximate surface area is 144 Å². The van der Waals surface area contributed by atoms with Crippen LogP contribution in [0.4, 0.5) is 4.79 Å². The largest absolute Gasteiger partial charge is 0.456 e. The highest BCUT2D eigenvalue weighted by Crippen LogP contribution is 2.17. The third-order valence-electron chi connectivity index (χ3n) is 2.82. The Bertz CT molecular complexity index is 582. The number of carbonyl (C=O) groups excluding carboxylic acids is 2. The van der Waals surface area contributed by atoms with E-state index in [2.05, 4.69) is 12.2 Å². The van der Waals surface area contributed by atoms with E-state index in [1.807, 2.05) is 32.9 Å². The van der Waals surface area contributed by atoms with E-state index >= 15 is 0 Å². The van der Waals surface area contributed by atoms with Crippen LogP contribution in [0.5, 0.6) is 0 Å². The summed E-state index contributed by atoms with van der Waals surface area (Å²) in [6, 6.07) is 6.73. The van der Waals surface area contributed by atoms with Gasteiger partial charge in [0, 0.05) is 6.04 Å². The molecule has 0 aliphatic carbocycles. The van der Waals surface area contributed by atoms with E-state index in [9.17, 15) is 9.59 Å². The smallest absolute Gasteiger partial charge is 0.407 e.